The Labute approximate surface area is 104 Å². The maximum absolute atomic E-state index is 13.3. The number of benzene rings is 1. The molecule has 1 atom stereocenters. The Balaban J connectivity index is 2.67. The number of carbonyl (C=O) groups excluding carboxylic acids is 1. The molecule has 0 saturated heterocycles. The summed E-state index contributed by atoms with van der Waals surface area (Å²) < 4.78 is 35.8. The summed E-state index contributed by atoms with van der Waals surface area (Å²) in [5.41, 5.74) is 0. The Hall–Kier alpha value is -1.69. The second-order valence-corrected chi connectivity index (χ2v) is 3.50. The van der Waals surface area contributed by atoms with Crippen LogP contribution in [0.4, 0.5) is 8.78 Å². The van der Waals surface area contributed by atoms with E-state index in [0.29, 0.717) is 6.54 Å². The Morgan fingerprint density at radius 3 is 2.78 bits per heavy atom. The van der Waals surface area contributed by atoms with Gasteiger partial charge in [0, 0.05) is 0 Å². The number of hydrogen-bond acceptors (Lipinski definition) is 4. The van der Waals surface area contributed by atoms with Crippen LogP contribution in [0.1, 0.15) is 6.92 Å². The van der Waals surface area contributed by atoms with E-state index >= 15 is 0 Å². The first-order chi connectivity index (χ1) is 8.60. The summed E-state index contributed by atoms with van der Waals surface area (Å²) in [6, 6.07) is 2.89. The third-order valence-electron chi connectivity index (χ3n) is 2.26. The summed E-state index contributed by atoms with van der Waals surface area (Å²) in [6.45, 7) is 2.19. The average Bonchev–Trinajstić information content (AvgIpc) is 2.38. The molecule has 4 nitrogen and oxygen atoms in total. The van der Waals surface area contributed by atoms with Crippen molar-refractivity contribution in [2.75, 3.05) is 20.3 Å². The lowest BCUT2D eigenvalue weighted by Crippen LogP contribution is -2.42. The monoisotopic (exact) mass is 259 g/mol. The summed E-state index contributed by atoms with van der Waals surface area (Å²) in [5.74, 6) is -2.82. The van der Waals surface area contributed by atoms with Gasteiger partial charge in [0.05, 0.1) is 7.11 Å². The van der Waals surface area contributed by atoms with Crippen LogP contribution in [0, 0.1) is 11.6 Å². The van der Waals surface area contributed by atoms with E-state index in [4.69, 9.17) is 4.74 Å². The standard InChI is InChI=1S/C12H15F2NO3/c1-3-15-9(12(16)17-2)7-18-10-6-4-5-8(13)11(10)14/h4-6,9,15H,3,7H2,1-2H3. The van der Waals surface area contributed by atoms with Crippen molar-refractivity contribution in [2.24, 2.45) is 0 Å². The highest BCUT2D eigenvalue weighted by molar-refractivity contribution is 5.75. The van der Waals surface area contributed by atoms with Crippen molar-refractivity contribution in [3.63, 3.8) is 0 Å². The van der Waals surface area contributed by atoms with E-state index in [0.717, 1.165) is 6.07 Å². The molecule has 100 valence electrons. The van der Waals surface area contributed by atoms with Gasteiger partial charge in [-0.2, -0.15) is 4.39 Å². The average molecular weight is 259 g/mol. The van der Waals surface area contributed by atoms with Crippen molar-refractivity contribution in [2.45, 2.75) is 13.0 Å². The van der Waals surface area contributed by atoms with Crippen LogP contribution in [-0.2, 0) is 9.53 Å². The fraction of sp³-hybridized carbons (Fsp3) is 0.417. The molecule has 1 aromatic carbocycles. The fourth-order valence-corrected chi connectivity index (χ4v) is 1.37. The number of likely N-dealkylation sites (N-methyl/N-ethyl adjacent to an activating group) is 1. The molecule has 0 amide bonds. The molecule has 0 radical (unpaired) electrons. The van der Waals surface area contributed by atoms with E-state index in [1.165, 1.54) is 19.2 Å². The molecule has 18 heavy (non-hydrogen) atoms. The van der Waals surface area contributed by atoms with Gasteiger partial charge in [0.2, 0.25) is 5.82 Å². The van der Waals surface area contributed by atoms with Crippen molar-refractivity contribution in [3.05, 3.63) is 29.8 Å². The van der Waals surface area contributed by atoms with Crippen molar-refractivity contribution in [3.8, 4) is 5.75 Å². The lowest BCUT2D eigenvalue weighted by atomic mass is 10.3. The molecule has 0 bridgehead atoms. The maximum atomic E-state index is 13.3. The third kappa shape index (κ3) is 3.66. The molecule has 0 aromatic heterocycles. The summed E-state index contributed by atoms with van der Waals surface area (Å²) in [5, 5.41) is 2.82. The Kier molecular flexibility index (Phi) is 5.51. The van der Waals surface area contributed by atoms with Gasteiger partial charge >= 0.3 is 5.97 Å². The summed E-state index contributed by atoms with van der Waals surface area (Å²) >= 11 is 0. The summed E-state index contributed by atoms with van der Waals surface area (Å²) in [4.78, 5) is 11.3. The molecule has 0 spiro atoms. The van der Waals surface area contributed by atoms with E-state index in [-0.39, 0.29) is 12.4 Å². The highest BCUT2D eigenvalue weighted by Gasteiger charge is 2.19. The second-order valence-electron chi connectivity index (χ2n) is 3.50. The van der Waals surface area contributed by atoms with E-state index in [9.17, 15) is 13.6 Å². The fourth-order valence-electron chi connectivity index (χ4n) is 1.37. The van der Waals surface area contributed by atoms with Crippen LogP contribution >= 0.6 is 0 Å². The normalized spacial score (nSPS) is 12.0. The van der Waals surface area contributed by atoms with Gasteiger partial charge in [-0.3, -0.25) is 4.79 Å². The molecule has 1 rings (SSSR count). The number of methoxy groups -OCH3 is 1. The SMILES string of the molecule is CCNC(COc1cccc(F)c1F)C(=O)OC. The zero-order chi connectivity index (χ0) is 13.5. The van der Waals surface area contributed by atoms with Crippen LogP contribution in [0.5, 0.6) is 5.75 Å². The minimum atomic E-state index is -1.07. The van der Waals surface area contributed by atoms with Crippen molar-refractivity contribution in [1.82, 2.24) is 5.32 Å². The van der Waals surface area contributed by atoms with E-state index in [2.05, 4.69) is 10.1 Å². The van der Waals surface area contributed by atoms with Crippen molar-refractivity contribution in [1.29, 1.82) is 0 Å². The van der Waals surface area contributed by atoms with Crippen LogP contribution in [0.2, 0.25) is 0 Å². The molecular weight excluding hydrogens is 244 g/mol. The molecule has 1 unspecified atom stereocenters. The van der Waals surface area contributed by atoms with Crippen molar-refractivity contribution >= 4 is 5.97 Å². The predicted octanol–water partition coefficient (Wildman–Crippen LogP) is 1.49. The number of carbonyl (C=O) groups is 1. The predicted molar refractivity (Wildman–Crippen MR) is 61.3 cm³/mol. The lowest BCUT2D eigenvalue weighted by Gasteiger charge is -2.16. The van der Waals surface area contributed by atoms with Crippen LogP contribution < -0.4 is 10.1 Å². The van der Waals surface area contributed by atoms with Gasteiger partial charge in [-0.1, -0.05) is 13.0 Å². The second kappa shape index (κ2) is 6.90. The first-order valence-electron chi connectivity index (χ1n) is 5.48. The largest absolute Gasteiger partial charge is 0.488 e. The first kappa shape index (κ1) is 14.4. The molecule has 0 fully saturated rings. The molecule has 0 heterocycles. The minimum absolute atomic E-state index is 0.138. The van der Waals surface area contributed by atoms with Gasteiger partial charge in [0.25, 0.3) is 0 Å². The Morgan fingerprint density at radius 2 is 2.17 bits per heavy atom. The highest BCUT2D eigenvalue weighted by atomic mass is 19.2. The molecule has 1 N–H and O–H groups in total. The first-order valence-corrected chi connectivity index (χ1v) is 5.48. The molecule has 0 aliphatic heterocycles. The van der Waals surface area contributed by atoms with Crippen LogP contribution in [0.15, 0.2) is 18.2 Å². The van der Waals surface area contributed by atoms with Gasteiger partial charge < -0.3 is 14.8 Å². The molecular formula is C12H15F2NO3. The molecule has 0 saturated carbocycles. The molecule has 6 heteroatoms. The number of ether oxygens (including phenoxy) is 2. The summed E-state index contributed by atoms with van der Waals surface area (Å²) in [6.07, 6.45) is 0. The van der Waals surface area contributed by atoms with Crippen LogP contribution in [0.25, 0.3) is 0 Å². The van der Waals surface area contributed by atoms with Crippen molar-refractivity contribution < 1.29 is 23.0 Å². The van der Waals surface area contributed by atoms with Gasteiger partial charge in [-0.15, -0.1) is 0 Å². The zero-order valence-corrected chi connectivity index (χ0v) is 10.2. The Bertz CT molecular complexity index is 412. The van der Waals surface area contributed by atoms with Gasteiger partial charge in [-0.05, 0) is 18.7 Å². The smallest absolute Gasteiger partial charge is 0.326 e. The maximum Gasteiger partial charge on any atom is 0.326 e. The third-order valence-corrected chi connectivity index (χ3v) is 2.26. The van der Waals surface area contributed by atoms with E-state index in [1.807, 2.05) is 0 Å². The molecule has 0 aliphatic carbocycles. The minimum Gasteiger partial charge on any atom is -0.488 e. The molecule has 0 aliphatic rings. The number of nitrogens with one attached hydrogen (secondary N) is 1. The number of esters is 1. The molecule has 1 aromatic rings. The van der Waals surface area contributed by atoms with Gasteiger partial charge in [-0.25, -0.2) is 4.39 Å². The number of halogens is 2. The highest BCUT2D eigenvalue weighted by Crippen LogP contribution is 2.19. The Morgan fingerprint density at radius 1 is 1.44 bits per heavy atom. The number of hydrogen-bond donors (Lipinski definition) is 1. The van der Waals surface area contributed by atoms with E-state index < -0.39 is 23.6 Å². The van der Waals surface area contributed by atoms with Gasteiger partial charge in [0.15, 0.2) is 11.6 Å². The van der Waals surface area contributed by atoms with Crippen LogP contribution in [-0.4, -0.2) is 32.3 Å². The zero-order valence-electron chi connectivity index (χ0n) is 10.2. The number of rotatable bonds is 6. The lowest BCUT2D eigenvalue weighted by molar-refractivity contribution is -0.143. The van der Waals surface area contributed by atoms with Gasteiger partial charge in [0.1, 0.15) is 12.6 Å². The summed E-state index contributed by atoms with van der Waals surface area (Å²) in [7, 11) is 1.25. The topological polar surface area (TPSA) is 47.6 Å². The quantitative estimate of drug-likeness (QED) is 0.786. The van der Waals surface area contributed by atoms with Crippen LogP contribution in [0.3, 0.4) is 0 Å². The van der Waals surface area contributed by atoms with E-state index in [1.54, 1.807) is 6.92 Å².